The number of carbonyl (C=O) groups excluding carboxylic acids is 2. The first-order valence-corrected chi connectivity index (χ1v) is 8.56. The standard InChI is InChI=1S/C19H19N5O2/c1-24-16(10-11-20-24)18-14(8-9-17(25)23-18)22-19(26)15-7-6-12-4-2-3-5-13(12)21-15/h2-7,10-11,14,18H,8-9H2,1H3,(H,22,26)(H,23,25)/t14-,18-/m1/s1. The van der Waals surface area contributed by atoms with Crippen molar-refractivity contribution in [2.45, 2.75) is 24.9 Å². The van der Waals surface area contributed by atoms with Gasteiger partial charge in [0.2, 0.25) is 5.91 Å². The molecule has 0 bridgehead atoms. The molecule has 1 aliphatic heterocycles. The van der Waals surface area contributed by atoms with Gasteiger partial charge in [0.25, 0.3) is 5.91 Å². The van der Waals surface area contributed by atoms with Crippen LogP contribution in [0, 0.1) is 0 Å². The number of carbonyl (C=O) groups is 2. The van der Waals surface area contributed by atoms with Crippen molar-refractivity contribution >= 4 is 22.7 Å². The third-order valence-corrected chi connectivity index (χ3v) is 4.73. The highest BCUT2D eigenvalue weighted by Crippen LogP contribution is 2.24. The highest BCUT2D eigenvalue weighted by molar-refractivity contribution is 5.95. The van der Waals surface area contributed by atoms with Gasteiger partial charge >= 0.3 is 0 Å². The van der Waals surface area contributed by atoms with E-state index in [1.807, 2.05) is 43.4 Å². The van der Waals surface area contributed by atoms with Crippen LogP contribution in [-0.2, 0) is 11.8 Å². The van der Waals surface area contributed by atoms with Crippen LogP contribution in [0.15, 0.2) is 48.7 Å². The lowest BCUT2D eigenvalue weighted by atomic mass is 9.95. The normalized spacial score (nSPS) is 20.0. The van der Waals surface area contributed by atoms with Crippen molar-refractivity contribution in [2.75, 3.05) is 0 Å². The maximum atomic E-state index is 12.7. The first kappa shape index (κ1) is 16.3. The molecular weight excluding hydrogens is 330 g/mol. The molecule has 1 aromatic carbocycles. The maximum absolute atomic E-state index is 12.7. The van der Waals surface area contributed by atoms with Gasteiger partial charge in [0.1, 0.15) is 5.69 Å². The first-order chi connectivity index (χ1) is 12.6. The number of nitrogens with zero attached hydrogens (tertiary/aromatic N) is 3. The molecule has 26 heavy (non-hydrogen) atoms. The topological polar surface area (TPSA) is 88.9 Å². The van der Waals surface area contributed by atoms with Crippen LogP contribution in [0.5, 0.6) is 0 Å². The molecule has 1 fully saturated rings. The van der Waals surface area contributed by atoms with Gasteiger partial charge in [-0.15, -0.1) is 0 Å². The summed E-state index contributed by atoms with van der Waals surface area (Å²) < 4.78 is 1.71. The highest BCUT2D eigenvalue weighted by Gasteiger charge is 2.33. The van der Waals surface area contributed by atoms with Crippen molar-refractivity contribution in [3.63, 3.8) is 0 Å². The molecule has 4 rings (SSSR count). The van der Waals surface area contributed by atoms with Crippen molar-refractivity contribution < 1.29 is 9.59 Å². The molecule has 0 spiro atoms. The van der Waals surface area contributed by atoms with Crippen LogP contribution in [0.1, 0.15) is 35.1 Å². The van der Waals surface area contributed by atoms with Gasteiger partial charge in [0.05, 0.1) is 23.3 Å². The van der Waals surface area contributed by atoms with E-state index in [1.54, 1.807) is 16.9 Å². The van der Waals surface area contributed by atoms with E-state index in [9.17, 15) is 9.59 Å². The number of aromatic nitrogens is 3. The molecule has 2 aromatic heterocycles. The number of fused-ring (bicyclic) bond motifs is 1. The molecule has 2 amide bonds. The first-order valence-electron chi connectivity index (χ1n) is 8.56. The Balaban J connectivity index is 1.58. The van der Waals surface area contributed by atoms with Crippen molar-refractivity contribution in [2.24, 2.45) is 7.05 Å². The lowest BCUT2D eigenvalue weighted by molar-refractivity contribution is -0.123. The van der Waals surface area contributed by atoms with Crippen LogP contribution in [0.2, 0.25) is 0 Å². The summed E-state index contributed by atoms with van der Waals surface area (Å²) in [5.41, 5.74) is 2.00. The Labute approximate surface area is 150 Å². The SMILES string of the molecule is Cn1nccc1[C@@H]1NC(=O)CC[C@H]1NC(=O)c1ccc2ccccc2n1. The molecule has 0 saturated carbocycles. The zero-order valence-electron chi connectivity index (χ0n) is 14.3. The molecule has 7 heteroatoms. The summed E-state index contributed by atoms with van der Waals surface area (Å²) in [4.78, 5) is 29.0. The maximum Gasteiger partial charge on any atom is 0.270 e. The summed E-state index contributed by atoms with van der Waals surface area (Å²) in [6.07, 6.45) is 2.63. The van der Waals surface area contributed by atoms with Crippen molar-refractivity contribution in [1.82, 2.24) is 25.4 Å². The van der Waals surface area contributed by atoms with E-state index < -0.39 is 0 Å². The van der Waals surface area contributed by atoms with E-state index in [-0.39, 0.29) is 23.9 Å². The van der Waals surface area contributed by atoms with Crippen molar-refractivity contribution in [3.8, 4) is 0 Å². The molecule has 132 valence electrons. The number of piperidine rings is 1. The quantitative estimate of drug-likeness (QED) is 0.753. The average Bonchev–Trinajstić information content (AvgIpc) is 3.08. The Bertz CT molecular complexity index is 981. The van der Waals surface area contributed by atoms with E-state index in [2.05, 4.69) is 20.7 Å². The second-order valence-electron chi connectivity index (χ2n) is 6.43. The number of para-hydroxylation sites is 1. The number of amides is 2. The zero-order chi connectivity index (χ0) is 18.1. The minimum Gasteiger partial charge on any atom is -0.346 e. The smallest absolute Gasteiger partial charge is 0.270 e. The Morgan fingerprint density at radius 2 is 2.08 bits per heavy atom. The van der Waals surface area contributed by atoms with Gasteiger partial charge in [-0.3, -0.25) is 14.3 Å². The molecular formula is C19H19N5O2. The van der Waals surface area contributed by atoms with Crippen LogP contribution in [0.4, 0.5) is 0 Å². The van der Waals surface area contributed by atoms with E-state index in [0.717, 1.165) is 16.6 Å². The number of hydrogen-bond acceptors (Lipinski definition) is 4. The second-order valence-corrected chi connectivity index (χ2v) is 6.43. The monoisotopic (exact) mass is 349 g/mol. The summed E-state index contributed by atoms with van der Waals surface area (Å²) >= 11 is 0. The van der Waals surface area contributed by atoms with E-state index in [4.69, 9.17) is 0 Å². The lowest BCUT2D eigenvalue weighted by Gasteiger charge is -2.32. The Morgan fingerprint density at radius 1 is 1.23 bits per heavy atom. The number of nitrogens with one attached hydrogen (secondary N) is 2. The van der Waals surface area contributed by atoms with Crippen LogP contribution < -0.4 is 10.6 Å². The summed E-state index contributed by atoms with van der Waals surface area (Å²) in [6, 6.07) is 12.6. The van der Waals surface area contributed by atoms with Crippen molar-refractivity contribution in [1.29, 1.82) is 0 Å². The Morgan fingerprint density at radius 3 is 2.88 bits per heavy atom. The molecule has 1 saturated heterocycles. The van der Waals surface area contributed by atoms with Crippen LogP contribution in [0.3, 0.4) is 0 Å². The predicted molar refractivity (Wildman–Crippen MR) is 96.3 cm³/mol. The number of pyridine rings is 1. The third kappa shape index (κ3) is 3.03. The highest BCUT2D eigenvalue weighted by atomic mass is 16.2. The molecule has 3 heterocycles. The largest absolute Gasteiger partial charge is 0.346 e. The van der Waals surface area contributed by atoms with Gasteiger partial charge < -0.3 is 10.6 Å². The molecule has 0 radical (unpaired) electrons. The van der Waals surface area contributed by atoms with Gasteiger partial charge in [-0.2, -0.15) is 5.10 Å². The predicted octanol–water partition coefficient (Wildman–Crippen LogP) is 1.72. The summed E-state index contributed by atoms with van der Waals surface area (Å²) in [5.74, 6) is -0.269. The van der Waals surface area contributed by atoms with E-state index in [1.165, 1.54) is 0 Å². The second kappa shape index (κ2) is 6.59. The molecule has 2 atom stereocenters. The van der Waals surface area contributed by atoms with Crippen LogP contribution in [0.25, 0.3) is 10.9 Å². The summed E-state index contributed by atoms with van der Waals surface area (Å²) in [7, 11) is 1.82. The summed E-state index contributed by atoms with van der Waals surface area (Å²) in [6.45, 7) is 0. The van der Waals surface area contributed by atoms with E-state index >= 15 is 0 Å². The Hall–Kier alpha value is -3.22. The molecule has 0 aliphatic carbocycles. The van der Waals surface area contributed by atoms with Crippen molar-refractivity contribution in [3.05, 3.63) is 60.0 Å². The molecule has 7 nitrogen and oxygen atoms in total. The molecule has 2 N–H and O–H groups in total. The fourth-order valence-electron chi connectivity index (χ4n) is 3.36. The average molecular weight is 349 g/mol. The third-order valence-electron chi connectivity index (χ3n) is 4.73. The van der Waals surface area contributed by atoms with E-state index in [0.29, 0.717) is 18.5 Å². The number of benzene rings is 1. The number of hydrogen-bond donors (Lipinski definition) is 2. The fraction of sp³-hybridized carbons (Fsp3) is 0.263. The van der Waals surface area contributed by atoms with Gasteiger partial charge in [0, 0.05) is 25.1 Å². The molecule has 3 aromatic rings. The fourth-order valence-corrected chi connectivity index (χ4v) is 3.36. The zero-order valence-corrected chi connectivity index (χ0v) is 14.3. The van der Waals surface area contributed by atoms with Gasteiger partial charge in [-0.1, -0.05) is 24.3 Å². The minimum atomic E-state index is -0.312. The number of rotatable bonds is 3. The summed E-state index contributed by atoms with van der Waals surface area (Å²) in [5, 5.41) is 11.1. The number of aryl methyl sites for hydroxylation is 1. The minimum absolute atomic E-state index is 0.0227. The molecule has 1 aliphatic rings. The Kier molecular flexibility index (Phi) is 4.12. The van der Waals surface area contributed by atoms with Gasteiger partial charge in [-0.25, -0.2) is 4.98 Å². The van der Waals surface area contributed by atoms with Gasteiger partial charge in [0.15, 0.2) is 0 Å². The lowest BCUT2D eigenvalue weighted by Crippen LogP contribution is -2.50. The van der Waals surface area contributed by atoms with Crippen LogP contribution in [-0.4, -0.2) is 32.6 Å². The van der Waals surface area contributed by atoms with Crippen LogP contribution >= 0.6 is 0 Å². The van der Waals surface area contributed by atoms with Gasteiger partial charge in [-0.05, 0) is 24.6 Å². The molecule has 0 unspecified atom stereocenters.